The van der Waals surface area contributed by atoms with Gasteiger partial charge in [0.25, 0.3) is 5.56 Å². The number of urea groups is 1. The average Bonchev–Trinajstić information content (AvgIpc) is 3.63. The van der Waals surface area contributed by atoms with Crippen LogP contribution in [-0.4, -0.2) is 45.6 Å². The molecule has 1 aromatic heterocycles. The number of H-pyrrole nitrogens is 1. The maximum Gasteiger partial charge on any atom is 0.419 e. The number of carbonyl (C=O) groups is 1. The Balaban J connectivity index is 0.000000186. The normalized spacial score (nSPS) is 25.8. The van der Waals surface area contributed by atoms with Crippen LogP contribution in [0, 0.1) is 12.8 Å². The lowest BCUT2D eigenvalue weighted by atomic mass is 9.85. The molecule has 4 N–H and O–H groups in total. The van der Waals surface area contributed by atoms with Crippen LogP contribution in [0.15, 0.2) is 51.3 Å². The van der Waals surface area contributed by atoms with Crippen LogP contribution in [0.2, 0.25) is 5.02 Å². The molecular weight excluding hydrogens is 559 g/mol. The topological polar surface area (TPSA) is 174 Å². The van der Waals surface area contributed by atoms with E-state index in [1.807, 2.05) is 5.32 Å². The van der Waals surface area contributed by atoms with E-state index >= 15 is 0 Å². The van der Waals surface area contributed by atoms with E-state index in [9.17, 15) is 27.6 Å². The first-order chi connectivity index (χ1) is 18.9. The molecule has 0 unspecified atom stereocenters. The van der Waals surface area contributed by atoms with E-state index in [-0.39, 0.29) is 35.2 Å². The van der Waals surface area contributed by atoms with Gasteiger partial charge in [-0.3, -0.25) is 14.3 Å². The van der Waals surface area contributed by atoms with Crippen LogP contribution in [0.4, 0.5) is 23.7 Å². The zero-order chi connectivity index (χ0) is 29.2. The highest BCUT2D eigenvalue weighted by Crippen LogP contribution is 2.47. The van der Waals surface area contributed by atoms with Gasteiger partial charge < -0.3 is 20.5 Å². The number of aliphatic hydroxyl groups excluding tert-OH is 1. The fraction of sp³-hybridized carbons (Fsp3) is 0.458. The summed E-state index contributed by atoms with van der Waals surface area (Å²) in [4.78, 5) is 39.5. The summed E-state index contributed by atoms with van der Waals surface area (Å²) in [5.74, 6) is 0.152. The van der Waals surface area contributed by atoms with Crippen LogP contribution < -0.4 is 21.9 Å². The SMILES string of the molecule is Cc1cn([C@H]2C[C@H](N=[N+]=[N-])[C@@H](CO)O2)c(=O)[nH]c1=O.O=C1Nc2ccc(Cl)cc2[C@@](/C=C/C2CC2)(C(F)(F)F)N1. The third-order valence-corrected chi connectivity index (χ3v) is 6.93. The summed E-state index contributed by atoms with van der Waals surface area (Å²) in [5.41, 5.74) is 5.23. The Kier molecular flexibility index (Phi) is 8.30. The lowest BCUT2D eigenvalue weighted by Gasteiger charge is -2.39. The summed E-state index contributed by atoms with van der Waals surface area (Å²) >= 11 is 5.83. The molecule has 2 aromatic rings. The van der Waals surface area contributed by atoms with Gasteiger partial charge in [0.1, 0.15) is 6.23 Å². The predicted octanol–water partition coefficient (Wildman–Crippen LogP) is 4.00. The van der Waals surface area contributed by atoms with E-state index < -0.39 is 47.4 Å². The minimum Gasteiger partial charge on any atom is -0.394 e. The molecule has 0 spiro atoms. The van der Waals surface area contributed by atoms with Crippen LogP contribution in [-0.2, 0) is 10.3 Å². The number of alkyl halides is 3. The Bertz CT molecular complexity index is 1480. The highest BCUT2D eigenvalue weighted by atomic mass is 35.5. The Hall–Kier alpha value is -3.78. The number of azide groups is 1. The maximum absolute atomic E-state index is 13.7. The molecule has 1 saturated carbocycles. The summed E-state index contributed by atoms with van der Waals surface area (Å²) in [7, 11) is 0. The van der Waals surface area contributed by atoms with E-state index in [0.29, 0.717) is 5.56 Å². The zero-order valence-corrected chi connectivity index (χ0v) is 21.7. The number of rotatable bonds is 5. The van der Waals surface area contributed by atoms with Crippen molar-refractivity contribution in [1.82, 2.24) is 14.9 Å². The molecule has 2 fully saturated rings. The van der Waals surface area contributed by atoms with Crippen molar-refractivity contribution in [2.24, 2.45) is 11.0 Å². The van der Waals surface area contributed by atoms with Gasteiger partial charge >= 0.3 is 17.9 Å². The fourth-order valence-corrected chi connectivity index (χ4v) is 4.58. The molecule has 2 aliphatic heterocycles. The summed E-state index contributed by atoms with van der Waals surface area (Å²) in [6.45, 7) is 1.26. The van der Waals surface area contributed by atoms with Gasteiger partial charge in [0.05, 0.1) is 18.8 Å². The third kappa shape index (κ3) is 6.02. The molecular formula is C24H25ClF3N7O5. The number of anilines is 1. The van der Waals surface area contributed by atoms with Crippen molar-refractivity contribution in [2.75, 3.05) is 11.9 Å². The molecule has 3 aliphatic rings. The Morgan fingerprint density at radius 1 is 1.32 bits per heavy atom. The number of amides is 2. The van der Waals surface area contributed by atoms with Crippen molar-refractivity contribution in [3.05, 3.63) is 84.0 Å². The van der Waals surface area contributed by atoms with Crippen molar-refractivity contribution < 1.29 is 27.8 Å². The van der Waals surface area contributed by atoms with E-state index in [0.717, 1.165) is 18.9 Å². The molecule has 12 nitrogen and oxygen atoms in total. The first kappa shape index (κ1) is 29.2. The summed E-state index contributed by atoms with van der Waals surface area (Å²) in [5, 5.41) is 17.2. The van der Waals surface area contributed by atoms with Crippen molar-refractivity contribution >= 4 is 23.3 Å². The second-order valence-corrected chi connectivity index (χ2v) is 10.0. The first-order valence-corrected chi connectivity index (χ1v) is 12.5. The van der Waals surface area contributed by atoms with Gasteiger partial charge in [-0.05, 0) is 55.5 Å². The number of benzene rings is 1. The number of nitrogens with one attached hydrogen (secondary N) is 3. The number of halogens is 4. The number of aromatic nitrogens is 2. The quantitative estimate of drug-likeness (QED) is 0.180. The number of aryl methyl sites for hydroxylation is 1. The molecule has 5 rings (SSSR count). The van der Waals surface area contributed by atoms with Crippen molar-refractivity contribution in [3.63, 3.8) is 0 Å². The lowest BCUT2D eigenvalue weighted by Crippen LogP contribution is -2.58. The number of allylic oxidation sites excluding steroid dienone is 1. The van der Waals surface area contributed by atoms with Crippen molar-refractivity contribution in [2.45, 2.75) is 56.3 Å². The van der Waals surface area contributed by atoms with E-state index in [4.69, 9.17) is 27.0 Å². The predicted molar refractivity (Wildman–Crippen MR) is 138 cm³/mol. The number of carbonyl (C=O) groups excluding carboxylic acids is 1. The number of aliphatic hydroxyl groups is 1. The summed E-state index contributed by atoms with van der Waals surface area (Å²) in [6.07, 6.45) is -0.0363. The molecule has 3 heterocycles. The molecule has 16 heteroatoms. The van der Waals surface area contributed by atoms with Gasteiger partial charge in [-0.15, -0.1) is 0 Å². The lowest BCUT2D eigenvalue weighted by molar-refractivity contribution is -0.181. The molecule has 1 aromatic carbocycles. The number of aromatic amines is 1. The third-order valence-electron chi connectivity index (χ3n) is 6.69. The average molecular weight is 584 g/mol. The summed E-state index contributed by atoms with van der Waals surface area (Å²) in [6, 6.07) is 2.62. The van der Waals surface area contributed by atoms with Crippen LogP contribution >= 0.6 is 11.6 Å². The van der Waals surface area contributed by atoms with Crippen molar-refractivity contribution in [3.8, 4) is 0 Å². The number of nitrogens with zero attached hydrogens (tertiary/aromatic N) is 4. The van der Waals surface area contributed by atoms with E-state index in [2.05, 4.69) is 20.3 Å². The van der Waals surface area contributed by atoms with E-state index in [1.165, 1.54) is 35.0 Å². The van der Waals surface area contributed by atoms with Gasteiger partial charge in [-0.1, -0.05) is 22.8 Å². The number of hydrogen-bond acceptors (Lipinski definition) is 6. The molecule has 1 saturated heterocycles. The standard InChI is InChI=1S/C14H12ClF3N2O.C10H13N5O4/c15-9-3-4-11-10(7-9)13(14(16,17)18,20-12(21)19-11)6-5-8-1-2-8;1-5-3-15(10(18)12-9(5)17)8-2-6(13-14-11)7(4-16)19-8/h3-8H,1-2H2,(H2,19,20,21);3,6-8,16H,2,4H2,1H3,(H,12,17,18)/b6-5+;/t13-;6-,7+,8+/m00/s1. The van der Waals surface area contributed by atoms with Gasteiger partial charge in [0.2, 0.25) is 0 Å². The molecule has 2 amide bonds. The first-order valence-electron chi connectivity index (χ1n) is 12.2. The molecule has 40 heavy (non-hydrogen) atoms. The smallest absolute Gasteiger partial charge is 0.394 e. The summed E-state index contributed by atoms with van der Waals surface area (Å²) < 4.78 is 47.8. The fourth-order valence-electron chi connectivity index (χ4n) is 4.41. The second-order valence-electron chi connectivity index (χ2n) is 9.57. The molecule has 0 radical (unpaired) electrons. The largest absolute Gasteiger partial charge is 0.419 e. The van der Waals surface area contributed by atoms with E-state index in [1.54, 1.807) is 6.92 Å². The molecule has 4 atom stereocenters. The minimum atomic E-state index is -4.67. The highest BCUT2D eigenvalue weighted by molar-refractivity contribution is 6.30. The maximum atomic E-state index is 13.7. The molecule has 214 valence electrons. The molecule has 0 bridgehead atoms. The number of hydrogen-bond donors (Lipinski definition) is 4. The zero-order valence-electron chi connectivity index (χ0n) is 21.0. The van der Waals surface area contributed by atoms with Gasteiger partial charge in [-0.2, -0.15) is 13.2 Å². The van der Waals surface area contributed by atoms with Gasteiger partial charge in [0, 0.05) is 39.4 Å². The highest BCUT2D eigenvalue weighted by Gasteiger charge is 2.58. The van der Waals surface area contributed by atoms with Gasteiger partial charge in [-0.25, -0.2) is 9.59 Å². The van der Waals surface area contributed by atoms with Crippen LogP contribution in [0.25, 0.3) is 10.4 Å². The Morgan fingerprint density at radius 2 is 2.05 bits per heavy atom. The second kappa shape index (κ2) is 11.4. The minimum absolute atomic E-state index is 0.0981. The van der Waals surface area contributed by atoms with Crippen LogP contribution in [0.1, 0.15) is 36.6 Å². The van der Waals surface area contributed by atoms with Crippen LogP contribution in [0.3, 0.4) is 0 Å². The molecule has 1 aliphatic carbocycles. The number of fused-ring (bicyclic) bond motifs is 1. The monoisotopic (exact) mass is 583 g/mol. The van der Waals surface area contributed by atoms with Gasteiger partial charge in [0.15, 0.2) is 5.54 Å². The Morgan fingerprint density at radius 3 is 2.67 bits per heavy atom. The van der Waals surface area contributed by atoms with Crippen molar-refractivity contribution in [1.29, 1.82) is 0 Å². The Labute approximate surface area is 229 Å². The number of ether oxygens (including phenoxy) is 1. The van der Waals surface area contributed by atoms with Crippen LogP contribution in [0.5, 0.6) is 0 Å².